The molecule has 0 N–H and O–H groups in total. The van der Waals surface area contributed by atoms with E-state index in [0.29, 0.717) is 35.0 Å². The zero-order valence-corrected chi connectivity index (χ0v) is 20.3. The van der Waals surface area contributed by atoms with Crippen molar-refractivity contribution in [3.8, 4) is 11.5 Å². The Morgan fingerprint density at radius 2 is 1.63 bits per heavy atom. The number of rotatable bonds is 11. The van der Waals surface area contributed by atoms with Crippen molar-refractivity contribution in [2.75, 3.05) is 21.3 Å². The molecule has 35 heavy (non-hydrogen) atoms. The first-order valence-electron chi connectivity index (χ1n) is 11.0. The summed E-state index contributed by atoms with van der Waals surface area (Å²) in [5.41, 5.74) is 4.36. The van der Waals surface area contributed by atoms with Crippen LogP contribution in [0.15, 0.2) is 84.2 Å². The van der Waals surface area contributed by atoms with Gasteiger partial charge in [0.05, 0.1) is 33.3 Å². The SMILES string of the molecule is CO/C=C(/C(=O)OC)c1ccccc1COc1ccc(/C(C)=N/OCc2ccccc2)cc1OC. The Labute approximate surface area is 205 Å². The molecule has 0 aliphatic heterocycles. The molecular weight excluding hydrogens is 446 g/mol. The van der Waals surface area contributed by atoms with Crippen LogP contribution < -0.4 is 9.47 Å². The predicted molar refractivity (Wildman–Crippen MR) is 134 cm³/mol. The molecule has 7 heteroatoms. The maximum Gasteiger partial charge on any atom is 0.341 e. The highest BCUT2D eigenvalue weighted by Crippen LogP contribution is 2.30. The minimum atomic E-state index is -0.495. The lowest BCUT2D eigenvalue weighted by Gasteiger charge is -2.15. The number of oxime groups is 1. The summed E-state index contributed by atoms with van der Waals surface area (Å²) in [4.78, 5) is 17.7. The topological polar surface area (TPSA) is 75.6 Å². The van der Waals surface area contributed by atoms with Crippen LogP contribution in [-0.2, 0) is 32.3 Å². The molecule has 7 nitrogen and oxygen atoms in total. The van der Waals surface area contributed by atoms with Crippen LogP contribution >= 0.6 is 0 Å². The molecule has 182 valence electrons. The largest absolute Gasteiger partial charge is 0.503 e. The zero-order chi connectivity index (χ0) is 25.0. The molecule has 0 atom stereocenters. The summed E-state index contributed by atoms with van der Waals surface area (Å²) < 4.78 is 21.6. The fraction of sp³-hybridized carbons (Fsp3) is 0.214. The van der Waals surface area contributed by atoms with Gasteiger partial charge in [0.2, 0.25) is 0 Å². The smallest absolute Gasteiger partial charge is 0.341 e. The third-order valence-corrected chi connectivity index (χ3v) is 5.19. The van der Waals surface area contributed by atoms with Crippen LogP contribution in [0.25, 0.3) is 5.57 Å². The molecule has 3 aromatic rings. The lowest BCUT2D eigenvalue weighted by molar-refractivity contribution is -0.133. The van der Waals surface area contributed by atoms with E-state index in [2.05, 4.69) is 5.16 Å². The Morgan fingerprint density at radius 3 is 2.34 bits per heavy atom. The molecule has 0 saturated heterocycles. The lowest BCUT2D eigenvalue weighted by atomic mass is 10.0. The summed E-state index contributed by atoms with van der Waals surface area (Å²) in [5.74, 6) is 0.614. The van der Waals surface area contributed by atoms with Crippen LogP contribution in [0.4, 0.5) is 0 Å². The van der Waals surface area contributed by atoms with Crippen molar-refractivity contribution in [1.29, 1.82) is 0 Å². The second kappa shape index (κ2) is 12.8. The first-order chi connectivity index (χ1) is 17.1. The molecule has 0 amide bonds. The molecule has 0 fully saturated rings. The van der Waals surface area contributed by atoms with Gasteiger partial charge in [0, 0.05) is 5.56 Å². The minimum absolute atomic E-state index is 0.206. The van der Waals surface area contributed by atoms with Gasteiger partial charge in [-0.2, -0.15) is 0 Å². The van der Waals surface area contributed by atoms with E-state index in [1.165, 1.54) is 20.5 Å². The zero-order valence-electron chi connectivity index (χ0n) is 20.3. The minimum Gasteiger partial charge on any atom is -0.503 e. The molecule has 0 saturated carbocycles. The molecule has 0 bridgehead atoms. The summed E-state index contributed by atoms with van der Waals surface area (Å²) in [7, 11) is 4.39. The van der Waals surface area contributed by atoms with E-state index in [1.54, 1.807) is 7.11 Å². The van der Waals surface area contributed by atoms with Gasteiger partial charge in [-0.3, -0.25) is 0 Å². The van der Waals surface area contributed by atoms with E-state index in [0.717, 1.165) is 16.7 Å². The highest BCUT2D eigenvalue weighted by molar-refractivity contribution is 6.16. The van der Waals surface area contributed by atoms with Gasteiger partial charge in [-0.05, 0) is 41.8 Å². The summed E-state index contributed by atoms with van der Waals surface area (Å²) >= 11 is 0. The first kappa shape index (κ1) is 25.4. The van der Waals surface area contributed by atoms with Crippen molar-refractivity contribution in [2.24, 2.45) is 5.16 Å². The van der Waals surface area contributed by atoms with Crippen LogP contribution in [-0.4, -0.2) is 33.0 Å². The summed E-state index contributed by atoms with van der Waals surface area (Å²) in [5, 5.41) is 4.22. The van der Waals surface area contributed by atoms with Crippen LogP contribution in [0, 0.1) is 0 Å². The molecule has 0 spiro atoms. The number of benzene rings is 3. The summed E-state index contributed by atoms with van der Waals surface area (Å²) in [6, 6.07) is 22.8. The van der Waals surface area contributed by atoms with Crippen molar-refractivity contribution in [1.82, 2.24) is 0 Å². The number of hydrogen-bond acceptors (Lipinski definition) is 7. The molecule has 3 rings (SSSR count). The monoisotopic (exact) mass is 475 g/mol. The van der Waals surface area contributed by atoms with Gasteiger partial charge < -0.3 is 23.8 Å². The fourth-order valence-corrected chi connectivity index (χ4v) is 3.36. The van der Waals surface area contributed by atoms with Gasteiger partial charge in [-0.25, -0.2) is 4.79 Å². The maximum atomic E-state index is 12.2. The van der Waals surface area contributed by atoms with Crippen LogP contribution in [0.5, 0.6) is 11.5 Å². The Kier molecular flexibility index (Phi) is 9.31. The first-order valence-corrected chi connectivity index (χ1v) is 11.0. The van der Waals surface area contributed by atoms with Gasteiger partial charge in [-0.1, -0.05) is 59.8 Å². The highest BCUT2D eigenvalue weighted by Gasteiger charge is 2.17. The van der Waals surface area contributed by atoms with Gasteiger partial charge in [-0.15, -0.1) is 0 Å². The number of methoxy groups -OCH3 is 3. The van der Waals surface area contributed by atoms with E-state index in [1.807, 2.05) is 79.7 Å². The average Bonchev–Trinajstić information content (AvgIpc) is 2.90. The number of hydrogen-bond donors (Lipinski definition) is 0. The second-order valence-corrected chi connectivity index (χ2v) is 7.51. The Balaban J connectivity index is 1.74. The van der Waals surface area contributed by atoms with Gasteiger partial charge in [0.25, 0.3) is 0 Å². The van der Waals surface area contributed by atoms with Gasteiger partial charge in [0.15, 0.2) is 11.5 Å². The van der Waals surface area contributed by atoms with Crippen molar-refractivity contribution < 1.29 is 28.6 Å². The van der Waals surface area contributed by atoms with Gasteiger partial charge >= 0.3 is 5.97 Å². The Morgan fingerprint density at radius 1 is 0.886 bits per heavy atom. The number of ether oxygens (including phenoxy) is 4. The normalized spacial score (nSPS) is 11.5. The van der Waals surface area contributed by atoms with Crippen molar-refractivity contribution in [3.63, 3.8) is 0 Å². The molecule has 0 radical (unpaired) electrons. The Hall–Kier alpha value is -4.26. The van der Waals surface area contributed by atoms with E-state index in [9.17, 15) is 4.79 Å². The van der Waals surface area contributed by atoms with E-state index in [-0.39, 0.29) is 6.61 Å². The van der Waals surface area contributed by atoms with E-state index < -0.39 is 5.97 Å². The van der Waals surface area contributed by atoms with Gasteiger partial charge in [0.1, 0.15) is 18.8 Å². The maximum absolute atomic E-state index is 12.2. The third kappa shape index (κ3) is 6.86. The molecule has 0 aliphatic carbocycles. The number of nitrogens with zero attached hydrogens (tertiary/aromatic N) is 1. The summed E-state index contributed by atoms with van der Waals surface area (Å²) in [6.45, 7) is 2.46. The predicted octanol–water partition coefficient (Wildman–Crippen LogP) is 5.38. The molecule has 0 unspecified atom stereocenters. The highest BCUT2D eigenvalue weighted by atomic mass is 16.6. The van der Waals surface area contributed by atoms with Crippen LogP contribution in [0.1, 0.15) is 29.2 Å². The van der Waals surface area contributed by atoms with Crippen molar-refractivity contribution >= 4 is 17.3 Å². The molecule has 0 aliphatic rings. The molecular formula is C28H29NO6. The van der Waals surface area contributed by atoms with E-state index in [4.69, 9.17) is 23.8 Å². The second-order valence-electron chi connectivity index (χ2n) is 7.51. The number of carbonyl (C=O) groups excluding carboxylic acids is 1. The fourth-order valence-electron chi connectivity index (χ4n) is 3.36. The lowest BCUT2D eigenvalue weighted by Crippen LogP contribution is -2.08. The standard InChI is InChI=1S/C28H29NO6/c1-20(29-35-17-21-10-6-5-7-11-21)22-14-15-26(27(16-22)32-3)34-18-23-12-8-9-13-24(23)25(19-31-2)28(30)33-4/h5-16,19H,17-18H2,1-4H3/b25-19+,29-20+. The van der Waals surface area contributed by atoms with Crippen molar-refractivity contribution in [2.45, 2.75) is 20.1 Å². The molecule has 3 aromatic carbocycles. The molecule has 0 heterocycles. The Bertz CT molecular complexity index is 1190. The average molecular weight is 476 g/mol. The van der Waals surface area contributed by atoms with Crippen molar-refractivity contribution in [3.05, 3.63) is 101 Å². The quantitative estimate of drug-likeness (QED) is 0.122. The van der Waals surface area contributed by atoms with E-state index >= 15 is 0 Å². The number of carbonyl (C=O) groups is 1. The number of esters is 1. The summed E-state index contributed by atoms with van der Waals surface area (Å²) in [6.07, 6.45) is 1.36. The molecule has 0 aromatic heterocycles. The third-order valence-electron chi connectivity index (χ3n) is 5.19. The van der Waals surface area contributed by atoms with Crippen LogP contribution in [0.3, 0.4) is 0 Å². The van der Waals surface area contributed by atoms with Crippen LogP contribution in [0.2, 0.25) is 0 Å².